The lowest BCUT2D eigenvalue weighted by atomic mass is 10.0. The van der Waals surface area contributed by atoms with E-state index in [0.717, 1.165) is 6.54 Å². The Labute approximate surface area is 251 Å². The Bertz CT molecular complexity index is 1400. The fourth-order valence-corrected chi connectivity index (χ4v) is 3.41. The summed E-state index contributed by atoms with van der Waals surface area (Å²) in [6.07, 6.45) is -5.08. The Morgan fingerprint density at radius 2 is 1.66 bits per heavy atom. The van der Waals surface area contributed by atoms with Crippen molar-refractivity contribution in [3.05, 3.63) is 83.7 Å². The molecule has 0 aliphatic heterocycles. The molecule has 1 amide bonds. The van der Waals surface area contributed by atoms with E-state index < -0.39 is 29.9 Å². The molecule has 0 bridgehead atoms. The second-order valence-electron chi connectivity index (χ2n) is 9.26. The summed E-state index contributed by atoms with van der Waals surface area (Å²) < 4.78 is 57.5. The number of nitrogen functional groups attached to an aromatic ring is 1. The number of hydrogen-bond donors (Lipinski definition) is 6. The number of nitrogens with zero attached hydrogens (tertiary/aromatic N) is 1. The molecule has 0 aromatic heterocycles. The van der Waals surface area contributed by atoms with Crippen molar-refractivity contribution in [1.29, 1.82) is 5.41 Å². The van der Waals surface area contributed by atoms with Gasteiger partial charge in [-0.3, -0.25) is 21.1 Å². The molecule has 0 aliphatic rings. The predicted molar refractivity (Wildman–Crippen MR) is 157 cm³/mol. The third-order valence-corrected chi connectivity index (χ3v) is 5.60. The van der Waals surface area contributed by atoms with Crippen molar-refractivity contribution in [3.8, 4) is 11.5 Å². The van der Waals surface area contributed by atoms with E-state index >= 15 is 0 Å². The number of hydrogen-bond acceptors (Lipinski definition) is 8. The number of hydrazine groups is 1. The zero-order valence-electron chi connectivity index (χ0n) is 24.2. The van der Waals surface area contributed by atoms with Crippen LogP contribution in [0.3, 0.4) is 0 Å². The fraction of sp³-hybridized carbons (Fsp3) is 0.276. The Kier molecular flexibility index (Phi) is 13.2. The first kappa shape index (κ1) is 35.1. The van der Waals surface area contributed by atoms with E-state index in [-0.39, 0.29) is 11.5 Å². The van der Waals surface area contributed by atoms with Gasteiger partial charge in [0, 0.05) is 17.8 Å². The number of para-hydroxylation sites is 1. The van der Waals surface area contributed by atoms with Gasteiger partial charge in [-0.25, -0.2) is 9.18 Å². The average Bonchev–Trinajstić information content (AvgIpc) is 2.96. The van der Waals surface area contributed by atoms with Crippen molar-refractivity contribution >= 4 is 29.1 Å². The number of carbonyl (C=O) groups excluding carboxylic acids is 1. The smallest absolute Gasteiger partial charge is 0.490 e. The molecule has 3 rings (SSSR count). The van der Waals surface area contributed by atoms with Crippen molar-refractivity contribution in [3.63, 3.8) is 0 Å². The van der Waals surface area contributed by atoms with Crippen LogP contribution in [0.1, 0.15) is 24.1 Å². The molecule has 15 heteroatoms. The lowest BCUT2D eigenvalue weighted by Crippen LogP contribution is -2.37. The van der Waals surface area contributed by atoms with E-state index in [0.29, 0.717) is 41.5 Å². The molecule has 7 N–H and O–H groups in total. The number of ether oxygens (including phenoxy) is 2. The molecule has 3 aromatic rings. The number of carboxylic acid groups (broad SMARTS) is 1. The molecule has 0 spiro atoms. The first-order chi connectivity index (χ1) is 20.7. The van der Waals surface area contributed by atoms with Crippen LogP contribution >= 0.6 is 0 Å². The second-order valence-corrected chi connectivity index (χ2v) is 9.26. The molecular formula is C29H34F4N6O5. The van der Waals surface area contributed by atoms with Gasteiger partial charge in [-0.1, -0.05) is 18.2 Å². The standard InChI is InChI=1S/C27H33FN6O3.C2HF3O2/c1-4-36-24-17-19(11-14-23(24)37-16-15-34(2)3)25(31-20-12-9-18(10-13-20)26(29)30)27(35)33-32-22-8-6-5-7-21(22)28;3-2(4,5)1(6)7/h5-14,17,25,31-32H,4,15-16H2,1-3H3,(H3,29,30)(H,33,35);(H,6,7). The van der Waals surface area contributed by atoms with Gasteiger partial charge in [0.1, 0.15) is 24.3 Å². The molecule has 44 heavy (non-hydrogen) atoms. The van der Waals surface area contributed by atoms with E-state index in [1.165, 1.54) is 12.1 Å². The molecule has 11 nitrogen and oxygen atoms in total. The molecule has 0 fully saturated rings. The van der Waals surface area contributed by atoms with Crippen LogP contribution in [0.2, 0.25) is 0 Å². The summed E-state index contributed by atoms with van der Waals surface area (Å²) in [5, 5.41) is 17.9. The molecule has 0 saturated heterocycles. The van der Waals surface area contributed by atoms with Gasteiger partial charge < -0.3 is 30.5 Å². The number of rotatable bonds is 13. The van der Waals surface area contributed by atoms with E-state index in [4.69, 9.17) is 30.5 Å². The summed E-state index contributed by atoms with van der Waals surface area (Å²) >= 11 is 0. The lowest BCUT2D eigenvalue weighted by molar-refractivity contribution is -0.192. The lowest BCUT2D eigenvalue weighted by Gasteiger charge is -2.22. The molecule has 3 aromatic carbocycles. The number of aliphatic carboxylic acids is 1. The number of nitrogens with one attached hydrogen (secondary N) is 4. The van der Waals surface area contributed by atoms with Crippen molar-refractivity contribution in [1.82, 2.24) is 10.3 Å². The number of carbonyl (C=O) groups is 2. The minimum absolute atomic E-state index is 0.0545. The third-order valence-electron chi connectivity index (χ3n) is 5.60. The van der Waals surface area contributed by atoms with E-state index in [1.54, 1.807) is 54.6 Å². The summed E-state index contributed by atoms with van der Waals surface area (Å²) in [4.78, 5) is 24.2. The van der Waals surface area contributed by atoms with Crippen LogP contribution in [0.15, 0.2) is 66.7 Å². The van der Waals surface area contributed by atoms with Crippen molar-refractivity contribution in [2.75, 3.05) is 44.6 Å². The number of benzene rings is 3. The topological polar surface area (TPSA) is 162 Å². The molecule has 238 valence electrons. The van der Waals surface area contributed by atoms with Gasteiger partial charge in [-0.05, 0) is 75.1 Å². The second kappa shape index (κ2) is 16.6. The minimum Gasteiger partial charge on any atom is -0.490 e. The largest absolute Gasteiger partial charge is 0.490 e. The monoisotopic (exact) mass is 622 g/mol. The van der Waals surface area contributed by atoms with Gasteiger partial charge in [0.25, 0.3) is 5.91 Å². The van der Waals surface area contributed by atoms with E-state index in [9.17, 15) is 22.4 Å². The maximum atomic E-state index is 14.1. The van der Waals surface area contributed by atoms with Crippen LogP contribution < -0.4 is 31.4 Å². The summed E-state index contributed by atoms with van der Waals surface area (Å²) in [7, 11) is 3.92. The molecule has 1 atom stereocenters. The summed E-state index contributed by atoms with van der Waals surface area (Å²) in [6.45, 7) is 3.49. The van der Waals surface area contributed by atoms with Crippen LogP contribution in [0.4, 0.5) is 28.9 Å². The molecular weight excluding hydrogens is 588 g/mol. The average molecular weight is 623 g/mol. The first-order valence-electron chi connectivity index (χ1n) is 13.1. The molecule has 0 aliphatic carbocycles. The van der Waals surface area contributed by atoms with Gasteiger partial charge in [-0.15, -0.1) is 0 Å². The Morgan fingerprint density at radius 1 is 1.02 bits per heavy atom. The van der Waals surface area contributed by atoms with Crippen molar-refractivity contribution < 1.29 is 41.7 Å². The van der Waals surface area contributed by atoms with Gasteiger partial charge in [0.2, 0.25) is 0 Å². The Hall–Kier alpha value is -5.05. The predicted octanol–water partition coefficient (Wildman–Crippen LogP) is 4.38. The van der Waals surface area contributed by atoms with Gasteiger partial charge >= 0.3 is 12.1 Å². The first-order valence-corrected chi connectivity index (χ1v) is 13.1. The summed E-state index contributed by atoms with van der Waals surface area (Å²) in [6, 6.07) is 17.3. The maximum absolute atomic E-state index is 14.1. The van der Waals surface area contributed by atoms with Crippen molar-refractivity contribution in [2.24, 2.45) is 5.73 Å². The maximum Gasteiger partial charge on any atom is 0.490 e. The van der Waals surface area contributed by atoms with E-state index in [1.807, 2.05) is 25.9 Å². The number of alkyl halides is 3. The summed E-state index contributed by atoms with van der Waals surface area (Å²) in [5.41, 5.74) is 12.7. The number of halogens is 4. The normalized spacial score (nSPS) is 11.5. The highest BCUT2D eigenvalue weighted by Crippen LogP contribution is 2.32. The number of amides is 1. The number of amidine groups is 1. The molecule has 0 heterocycles. The zero-order valence-corrected chi connectivity index (χ0v) is 24.2. The summed E-state index contributed by atoms with van der Waals surface area (Å²) in [5.74, 6) is -2.68. The van der Waals surface area contributed by atoms with Crippen LogP contribution in [0.5, 0.6) is 11.5 Å². The van der Waals surface area contributed by atoms with Gasteiger partial charge in [-0.2, -0.15) is 13.2 Å². The highest BCUT2D eigenvalue weighted by Gasteiger charge is 2.38. The number of anilines is 2. The van der Waals surface area contributed by atoms with Crippen LogP contribution in [-0.2, 0) is 9.59 Å². The third kappa shape index (κ3) is 11.3. The zero-order chi connectivity index (χ0) is 32.9. The molecule has 1 unspecified atom stereocenters. The number of nitrogens with two attached hydrogens (primary N) is 1. The van der Waals surface area contributed by atoms with Crippen molar-refractivity contribution in [2.45, 2.75) is 19.1 Å². The minimum atomic E-state index is -5.08. The van der Waals surface area contributed by atoms with E-state index in [2.05, 4.69) is 16.2 Å². The molecule has 0 saturated carbocycles. The number of likely N-dealkylation sites (N-methyl/N-ethyl adjacent to an activating group) is 1. The van der Waals surface area contributed by atoms with Crippen LogP contribution in [-0.4, -0.2) is 67.7 Å². The van der Waals surface area contributed by atoms with Gasteiger partial charge in [0.15, 0.2) is 11.5 Å². The van der Waals surface area contributed by atoms with Crippen LogP contribution in [0.25, 0.3) is 0 Å². The Balaban J connectivity index is 0.000000860. The highest BCUT2D eigenvalue weighted by molar-refractivity contribution is 5.95. The molecule has 0 radical (unpaired) electrons. The quantitative estimate of drug-likeness (QED) is 0.0703. The Morgan fingerprint density at radius 3 is 2.20 bits per heavy atom. The highest BCUT2D eigenvalue weighted by atomic mass is 19.4. The van der Waals surface area contributed by atoms with Crippen LogP contribution in [0, 0.1) is 11.2 Å². The SMILES string of the molecule is CCOc1cc(C(Nc2ccc(C(=N)N)cc2)C(=O)NNc2ccccc2F)ccc1OCCN(C)C.O=C(O)C(F)(F)F. The van der Waals surface area contributed by atoms with Gasteiger partial charge in [0.05, 0.1) is 12.3 Å². The number of carboxylic acids is 1. The fourth-order valence-electron chi connectivity index (χ4n) is 3.41.